The van der Waals surface area contributed by atoms with E-state index in [0.717, 1.165) is 18.2 Å². The lowest BCUT2D eigenvalue weighted by atomic mass is 10.1. The first-order valence-electron chi connectivity index (χ1n) is 4.47. The van der Waals surface area contributed by atoms with Crippen LogP contribution in [0.25, 0.3) is 0 Å². The molecule has 1 aliphatic carbocycles. The van der Waals surface area contributed by atoms with E-state index in [0.29, 0.717) is 0 Å². The summed E-state index contributed by atoms with van der Waals surface area (Å²) in [4.78, 5) is 8.74. The van der Waals surface area contributed by atoms with Crippen molar-refractivity contribution >= 4 is 12.1 Å². The first-order chi connectivity index (χ1) is 5.93. The number of dihydropyridines is 1. The Labute approximate surface area is 71.4 Å². The SMILES string of the molecule is C1=NC2=NC(C3CC3)=CC2=CC1. The largest absolute Gasteiger partial charge is 0.241 e. The van der Waals surface area contributed by atoms with Crippen LogP contribution in [0.3, 0.4) is 0 Å². The lowest BCUT2D eigenvalue weighted by Gasteiger charge is -1.98. The Kier molecular flexibility index (Phi) is 1.14. The van der Waals surface area contributed by atoms with E-state index in [9.17, 15) is 0 Å². The van der Waals surface area contributed by atoms with Crippen LogP contribution in [-0.4, -0.2) is 12.1 Å². The fourth-order valence-electron chi connectivity index (χ4n) is 1.60. The first-order valence-corrected chi connectivity index (χ1v) is 4.47. The van der Waals surface area contributed by atoms with Gasteiger partial charge in [-0.3, -0.25) is 0 Å². The fraction of sp³-hybridized carbons (Fsp3) is 0.400. The number of aliphatic imine (C=N–C) groups is 2. The summed E-state index contributed by atoms with van der Waals surface area (Å²) >= 11 is 0. The molecule has 0 radical (unpaired) electrons. The number of rotatable bonds is 1. The zero-order chi connectivity index (χ0) is 7.97. The van der Waals surface area contributed by atoms with E-state index < -0.39 is 0 Å². The third-order valence-electron chi connectivity index (χ3n) is 2.45. The van der Waals surface area contributed by atoms with Gasteiger partial charge in [0.2, 0.25) is 0 Å². The summed E-state index contributed by atoms with van der Waals surface area (Å²) < 4.78 is 0. The van der Waals surface area contributed by atoms with E-state index in [4.69, 9.17) is 0 Å². The molecular formula is C10H10N2. The molecule has 2 aliphatic heterocycles. The molecule has 0 atom stereocenters. The van der Waals surface area contributed by atoms with Gasteiger partial charge < -0.3 is 0 Å². The van der Waals surface area contributed by atoms with E-state index in [1.807, 2.05) is 6.21 Å². The Morgan fingerprint density at radius 1 is 1.33 bits per heavy atom. The van der Waals surface area contributed by atoms with Crippen LogP contribution in [0, 0.1) is 5.92 Å². The highest BCUT2D eigenvalue weighted by Crippen LogP contribution is 2.40. The van der Waals surface area contributed by atoms with Crippen molar-refractivity contribution in [2.45, 2.75) is 19.3 Å². The summed E-state index contributed by atoms with van der Waals surface area (Å²) in [6.45, 7) is 0. The number of allylic oxidation sites excluding steroid dienone is 2. The normalized spacial score (nSPS) is 26.2. The maximum absolute atomic E-state index is 4.48. The molecule has 60 valence electrons. The number of hydrogen-bond donors (Lipinski definition) is 0. The Balaban J connectivity index is 1.99. The molecular weight excluding hydrogens is 148 g/mol. The van der Waals surface area contributed by atoms with E-state index >= 15 is 0 Å². The van der Waals surface area contributed by atoms with Gasteiger partial charge in [0.25, 0.3) is 0 Å². The zero-order valence-electron chi connectivity index (χ0n) is 6.83. The second-order valence-electron chi connectivity index (χ2n) is 3.49. The molecule has 0 unspecified atom stereocenters. The molecule has 0 aromatic rings. The van der Waals surface area contributed by atoms with Gasteiger partial charge in [-0.25, -0.2) is 9.98 Å². The average molecular weight is 158 g/mol. The Hall–Kier alpha value is -1.18. The van der Waals surface area contributed by atoms with Gasteiger partial charge >= 0.3 is 0 Å². The molecule has 0 N–H and O–H groups in total. The lowest BCUT2D eigenvalue weighted by molar-refractivity contribution is 0.989. The van der Waals surface area contributed by atoms with Crippen molar-refractivity contribution in [1.29, 1.82) is 0 Å². The van der Waals surface area contributed by atoms with Crippen molar-refractivity contribution in [3.05, 3.63) is 23.4 Å². The smallest absolute Gasteiger partial charge is 0.158 e. The molecule has 3 aliphatic rings. The van der Waals surface area contributed by atoms with Gasteiger partial charge in [-0.1, -0.05) is 6.08 Å². The summed E-state index contributed by atoms with van der Waals surface area (Å²) in [7, 11) is 0. The van der Waals surface area contributed by atoms with Crippen molar-refractivity contribution in [3.8, 4) is 0 Å². The van der Waals surface area contributed by atoms with Gasteiger partial charge in [-0.2, -0.15) is 0 Å². The molecule has 0 saturated heterocycles. The van der Waals surface area contributed by atoms with E-state index in [1.54, 1.807) is 0 Å². The summed E-state index contributed by atoms with van der Waals surface area (Å²) in [5.74, 6) is 1.68. The zero-order valence-corrected chi connectivity index (χ0v) is 6.83. The van der Waals surface area contributed by atoms with E-state index in [1.165, 1.54) is 24.1 Å². The quantitative estimate of drug-likeness (QED) is 0.558. The van der Waals surface area contributed by atoms with Crippen molar-refractivity contribution in [3.63, 3.8) is 0 Å². The van der Waals surface area contributed by atoms with Crippen LogP contribution in [0.2, 0.25) is 0 Å². The van der Waals surface area contributed by atoms with Gasteiger partial charge in [0, 0.05) is 29.8 Å². The van der Waals surface area contributed by atoms with Gasteiger partial charge in [0.1, 0.15) is 0 Å². The summed E-state index contributed by atoms with van der Waals surface area (Å²) in [6, 6.07) is 0. The van der Waals surface area contributed by atoms with Crippen molar-refractivity contribution < 1.29 is 0 Å². The monoisotopic (exact) mass is 158 g/mol. The molecule has 0 aromatic carbocycles. The maximum atomic E-state index is 4.48. The van der Waals surface area contributed by atoms with E-state index in [-0.39, 0.29) is 0 Å². The van der Waals surface area contributed by atoms with Crippen LogP contribution >= 0.6 is 0 Å². The van der Waals surface area contributed by atoms with Crippen molar-refractivity contribution in [2.75, 3.05) is 0 Å². The van der Waals surface area contributed by atoms with Gasteiger partial charge in [0.05, 0.1) is 0 Å². The summed E-state index contributed by atoms with van der Waals surface area (Å²) in [5.41, 5.74) is 2.50. The summed E-state index contributed by atoms with van der Waals surface area (Å²) in [6.07, 6.45) is 9.92. The van der Waals surface area contributed by atoms with Crippen LogP contribution in [0.4, 0.5) is 0 Å². The number of fused-ring (bicyclic) bond motifs is 1. The van der Waals surface area contributed by atoms with Gasteiger partial charge in [0.15, 0.2) is 5.84 Å². The Morgan fingerprint density at radius 2 is 2.25 bits per heavy atom. The minimum absolute atomic E-state index is 0.749. The van der Waals surface area contributed by atoms with Crippen LogP contribution < -0.4 is 0 Å². The predicted octanol–water partition coefficient (Wildman–Crippen LogP) is 2.09. The minimum Gasteiger partial charge on any atom is -0.241 e. The lowest BCUT2D eigenvalue weighted by Crippen LogP contribution is -1.98. The minimum atomic E-state index is 0.749. The molecule has 1 fully saturated rings. The van der Waals surface area contributed by atoms with Crippen LogP contribution in [0.15, 0.2) is 33.4 Å². The summed E-state index contributed by atoms with van der Waals surface area (Å²) in [5, 5.41) is 0. The Bertz CT molecular complexity index is 341. The van der Waals surface area contributed by atoms with Crippen LogP contribution in [0.1, 0.15) is 19.3 Å². The second-order valence-corrected chi connectivity index (χ2v) is 3.49. The van der Waals surface area contributed by atoms with Crippen molar-refractivity contribution in [2.24, 2.45) is 15.9 Å². The molecule has 0 aromatic heterocycles. The average Bonchev–Trinajstić information content (AvgIpc) is 2.85. The standard InChI is InChI=1S/C10H10N2/c1-2-8-6-9(7-3-4-7)12-10(8)11-5-1/h2,5-7H,1,3-4H2. The highest BCUT2D eigenvalue weighted by Gasteiger charge is 2.29. The molecule has 2 heteroatoms. The van der Waals surface area contributed by atoms with Crippen LogP contribution in [0.5, 0.6) is 0 Å². The number of amidine groups is 1. The molecule has 0 amide bonds. The first kappa shape index (κ1) is 6.35. The third-order valence-corrected chi connectivity index (χ3v) is 2.45. The van der Waals surface area contributed by atoms with Gasteiger partial charge in [-0.15, -0.1) is 0 Å². The topological polar surface area (TPSA) is 24.7 Å². The molecule has 2 nitrogen and oxygen atoms in total. The molecule has 0 bridgehead atoms. The Morgan fingerprint density at radius 3 is 3.00 bits per heavy atom. The van der Waals surface area contributed by atoms with Crippen LogP contribution in [-0.2, 0) is 0 Å². The predicted molar refractivity (Wildman–Crippen MR) is 49.4 cm³/mol. The molecule has 3 rings (SSSR count). The highest BCUT2D eigenvalue weighted by atomic mass is 15.0. The van der Waals surface area contributed by atoms with E-state index in [2.05, 4.69) is 22.1 Å². The maximum Gasteiger partial charge on any atom is 0.158 e. The third kappa shape index (κ3) is 0.876. The highest BCUT2D eigenvalue weighted by molar-refractivity contribution is 6.09. The van der Waals surface area contributed by atoms with Crippen molar-refractivity contribution in [1.82, 2.24) is 0 Å². The molecule has 12 heavy (non-hydrogen) atoms. The number of hydrogen-bond acceptors (Lipinski definition) is 2. The fourth-order valence-corrected chi connectivity index (χ4v) is 1.60. The molecule has 1 saturated carbocycles. The van der Waals surface area contributed by atoms with Gasteiger partial charge in [-0.05, 0) is 18.9 Å². The second kappa shape index (κ2) is 2.16. The molecule has 2 heterocycles. The number of nitrogens with zero attached hydrogens (tertiary/aromatic N) is 2. The molecule has 0 spiro atoms.